The number of imidazole rings is 1. The van der Waals surface area contributed by atoms with Gasteiger partial charge < -0.3 is 9.88 Å². The number of aromatic nitrogens is 4. The highest BCUT2D eigenvalue weighted by Crippen LogP contribution is 2.27. The van der Waals surface area contributed by atoms with Crippen LogP contribution in [-0.4, -0.2) is 43.8 Å². The van der Waals surface area contributed by atoms with Crippen molar-refractivity contribution in [2.24, 2.45) is 0 Å². The molecule has 0 bridgehead atoms. The molecule has 1 aliphatic heterocycles. The smallest absolute Gasteiger partial charge is 0.222 e. The summed E-state index contributed by atoms with van der Waals surface area (Å²) in [4.78, 5) is 30.5. The first-order valence-corrected chi connectivity index (χ1v) is 7.72. The van der Waals surface area contributed by atoms with Gasteiger partial charge in [-0.2, -0.15) is 0 Å². The fraction of sp³-hybridized carbons (Fsp3) is 0.500. The molecule has 6 nitrogen and oxygen atoms in total. The van der Waals surface area contributed by atoms with E-state index in [1.54, 1.807) is 6.20 Å². The second kappa shape index (κ2) is 5.87. The minimum atomic E-state index is 0.206. The number of likely N-dealkylation sites (tertiary alicyclic amines) is 1. The molecule has 1 saturated heterocycles. The van der Waals surface area contributed by atoms with Gasteiger partial charge in [-0.25, -0.2) is 15.0 Å². The molecule has 2 aromatic heterocycles. The molecular formula is C16H21N5O. The highest BCUT2D eigenvalue weighted by molar-refractivity contribution is 5.76. The third-order valence-electron chi connectivity index (χ3n) is 4.03. The van der Waals surface area contributed by atoms with Gasteiger partial charge in [0.25, 0.3) is 0 Å². The lowest BCUT2D eigenvalue weighted by molar-refractivity contribution is -0.129. The Balaban J connectivity index is 1.86. The second-order valence-electron chi connectivity index (χ2n) is 5.85. The number of aryl methyl sites for hydroxylation is 2. The van der Waals surface area contributed by atoms with Gasteiger partial charge in [-0.1, -0.05) is 6.92 Å². The van der Waals surface area contributed by atoms with E-state index in [1.165, 1.54) is 0 Å². The number of hydrogen-bond donors (Lipinski definition) is 1. The standard InChI is InChI=1S/C16H21N5O/c1-4-14(22)21-6-5-12(9-21)15-18-10(2)7-13(20-15)16-17-8-11(3)19-16/h7-8,12H,4-6,9H2,1-3H3,(H,17,19)/t12-/m0/s1. The molecule has 0 unspecified atom stereocenters. The van der Waals surface area contributed by atoms with E-state index in [-0.39, 0.29) is 11.8 Å². The highest BCUT2D eigenvalue weighted by Gasteiger charge is 2.28. The van der Waals surface area contributed by atoms with E-state index in [0.717, 1.165) is 41.7 Å². The lowest BCUT2D eigenvalue weighted by Gasteiger charge is -2.15. The molecule has 2 aromatic rings. The van der Waals surface area contributed by atoms with Crippen LogP contribution >= 0.6 is 0 Å². The molecule has 0 radical (unpaired) electrons. The third-order valence-corrected chi connectivity index (χ3v) is 4.03. The maximum atomic E-state index is 11.8. The average molecular weight is 299 g/mol. The predicted octanol–water partition coefficient (Wildman–Crippen LogP) is 2.21. The predicted molar refractivity (Wildman–Crippen MR) is 83.3 cm³/mol. The summed E-state index contributed by atoms with van der Waals surface area (Å²) in [5, 5.41) is 0. The molecule has 0 saturated carbocycles. The van der Waals surface area contributed by atoms with Crippen molar-refractivity contribution >= 4 is 5.91 Å². The van der Waals surface area contributed by atoms with Gasteiger partial charge in [0, 0.05) is 43.0 Å². The van der Waals surface area contributed by atoms with E-state index in [1.807, 2.05) is 31.7 Å². The van der Waals surface area contributed by atoms with Gasteiger partial charge in [0.1, 0.15) is 11.5 Å². The maximum absolute atomic E-state index is 11.8. The minimum absolute atomic E-state index is 0.206. The summed E-state index contributed by atoms with van der Waals surface area (Å²) in [6, 6.07) is 1.94. The van der Waals surface area contributed by atoms with Crippen molar-refractivity contribution in [3.05, 3.63) is 29.5 Å². The van der Waals surface area contributed by atoms with Gasteiger partial charge in [0.05, 0.1) is 0 Å². The molecule has 1 aliphatic rings. The van der Waals surface area contributed by atoms with E-state index in [4.69, 9.17) is 0 Å². The van der Waals surface area contributed by atoms with E-state index < -0.39 is 0 Å². The topological polar surface area (TPSA) is 74.8 Å². The number of amides is 1. The Labute approximate surface area is 130 Å². The van der Waals surface area contributed by atoms with Crippen molar-refractivity contribution in [1.29, 1.82) is 0 Å². The number of nitrogens with zero attached hydrogens (tertiary/aromatic N) is 4. The summed E-state index contributed by atoms with van der Waals surface area (Å²) < 4.78 is 0. The van der Waals surface area contributed by atoms with Crippen LogP contribution in [0.3, 0.4) is 0 Å². The fourth-order valence-electron chi connectivity index (χ4n) is 2.86. The summed E-state index contributed by atoms with van der Waals surface area (Å²) >= 11 is 0. The molecule has 1 N–H and O–H groups in total. The lowest BCUT2D eigenvalue weighted by atomic mass is 10.1. The van der Waals surface area contributed by atoms with Gasteiger partial charge in [-0.3, -0.25) is 4.79 Å². The van der Waals surface area contributed by atoms with Crippen LogP contribution < -0.4 is 0 Å². The molecule has 3 heterocycles. The number of rotatable bonds is 3. The molecule has 0 spiro atoms. The Morgan fingerprint density at radius 2 is 2.23 bits per heavy atom. The summed E-state index contributed by atoms with van der Waals surface area (Å²) in [7, 11) is 0. The SMILES string of the molecule is CCC(=O)N1CC[C@H](c2nc(C)cc(-c3ncc(C)[nH]3)n2)C1. The quantitative estimate of drug-likeness (QED) is 0.943. The van der Waals surface area contributed by atoms with Gasteiger partial charge >= 0.3 is 0 Å². The van der Waals surface area contributed by atoms with E-state index >= 15 is 0 Å². The van der Waals surface area contributed by atoms with Crippen LogP contribution in [0.2, 0.25) is 0 Å². The second-order valence-corrected chi connectivity index (χ2v) is 5.85. The van der Waals surface area contributed by atoms with Gasteiger partial charge in [-0.05, 0) is 26.3 Å². The first-order chi connectivity index (χ1) is 10.6. The van der Waals surface area contributed by atoms with Crippen LogP contribution in [0, 0.1) is 13.8 Å². The molecule has 6 heteroatoms. The first-order valence-electron chi connectivity index (χ1n) is 7.72. The van der Waals surface area contributed by atoms with Crippen LogP contribution in [0.25, 0.3) is 11.5 Å². The Hall–Kier alpha value is -2.24. The maximum Gasteiger partial charge on any atom is 0.222 e. The number of nitrogens with one attached hydrogen (secondary N) is 1. The summed E-state index contributed by atoms with van der Waals surface area (Å²) in [6.07, 6.45) is 3.27. The van der Waals surface area contributed by atoms with E-state index in [2.05, 4.69) is 19.9 Å². The van der Waals surface area contributed by atoms with E-state index in [9.17, 15) is 4.79 Å². The molecule has 1 atom stereocenters. The number of carbonyl (C=O) groups is 1. The van der Waals surface area contributed by atoms with Gasteiger partial charge in [0.2, 0.25) is 5.91 Å². The molecule has 22 heavy (non-hydrogen) atoms. The average Bonchev–Trinajstić information content (AvgIpc) is 3.14. The van der Waals surface area contributed by atoms with Crippen LogP contribution in [0.4, 0.5) is 0 Å². The van der Waals surface area contributed by atoms with Crippen LogP contribution in [0.1, 0.15) is 42.9 Å². The largest absolute Gasteiger partial charge is 0.342 e. The minimum Gasteiger partial charge on any atom is -0.342 e. The van der Waals surface area contributed by atoms with Crippen molar-refractivity contribution < 1.29 is 4.79 Å². The third kappa shape index (κ3) is 2.86. The highest BCUT2D eigenvalue weighted by atomic mass is 16.2. The Morgan fingerprint density at radius 3 is 2.91 bits per heavy atom. The van der Waals surface area contributed by atoms with Crippen molar-refractivity contribution in [2.45, 2.75) is 39.5 Å². The van der Waals surface area contributed by atoms with Crippen molar-refractivity contribution in [2.75, 3.05) is 13.1 Å². The summed E-state index contributed by atoms with van der Waals surface area (Å²) in [5.74, 6) is 2.00. The molecule has 0 aliphatic carbocycles. The molecule has 116 valence electrons. The molecule has 1 fully saturated rings. The van der Waals surface area contributed by atoms with Crippen molar-refractivity contribution in [3.63, 3.8) is 0 Å². The zero-order chi connectivity index (χ0) is 15.7. The van der Waals surface area contributed by atoms with Crippen LogP contribution in [-0.2, 0) is 4.79 Å². The Kier molecular flexibility index (Phi) is 3.92. The van der Waals surface area contributed by atoms with Crippen molar-refractivity contribution in [1.82, 2.24) is 24.8 Å². The number of H-pyrrole nitrogens is 1. The zero-order valence-electron chi connectivity index (χ0n) is 13.3. The number of carbonyl (C=O) groups excluding carboxylic acids is 1. The summed E-state index contributed by atoms with van der Waals surface area (Å²) in [6.45, 7) is 7.35. The number of hydrogen-bond acceptors (Lipinski definition) is 4. The molecule has 1 amide bonds. The number of aromatic amines is 1. The lowest BCUT2D eigenvalue weighted by Crippen LogP contribution is -2.27. The molecule has 0 aromatic carbocycles. The fourth-order valence-corrected chi connectivity index (χ4v) is 2.86. The van der Waals surface area contributed by atoms with Gasteiger partial charge in [0.15, 0.2) is 5.82 Å². The summed E-state index contributed by atoms with van der Waals surface area (Å²) in [5.41, 5.74) is 2.75. The van der Waals surface area contributed by atoms with Crippen LogP contribution in [0.5, 0.6) is 0 Å². The first kappa shape index (κ1) is 14.7. The van der Waals surface area contributed by atoms with E-state index in [0.29, 0.717) is 13.0 Å². The van der Waals surface area contributed by atoms with Crippen LogP contribution in [0.15, 0.2) is 12.3 Å². The normalized spacial score (nSPS) is 18.0. The van der Waals surface area contributed by atoms with Gasteiger partial charge in [-0.15, -0.1) is 0 Å². The zero-order valence-corrected chi connectivity index (χ0v) is 13.3. The monoisotopic (exact) mass is 299 g/mol. The molecular weight excluding hydrogens is 278 g/mol. The Morgan fingerprint density at radius 1 is 1.41 bits per heavy atom. The Bertz CT molecular complexity index is 694. The van der Waals surface area contributed by atoms with Crippen molar-refractivity contribution in [3.8, 4) is 11.5 Å². The molecule has 3 rings (SSSR count).